The molecule has 0 aliphatic heterocycles. The molecule has 1 unspecified atom stereocenters. The molecule has 0 spiro atoms. The van der Waals surface area contributed by atoms with E-state index in [1.807, 2.05) is 37.4 Å². The van der Waals surface area contributed by atoms with Gasteiger partial charge in [0.25, 0.3) is 0 Å². The molecule has 0 amide bonds. The van der Waals surface area contributed by atoms with E-state index < -0.39 is 5.60 Å². The van der Waals surface area contributed by atoms with Crippen molar-refractivity contribution in [1.29, 1.82) is 0 Å². The van der Waals surface area contributed by atoms with Gasteiger partial charge in [0.05, 0.1) is 6.54 Å². The summed E-state index contributed by atoms with van der Waals surface area (Å²) in [6.45, 7) is 0.503. The Morgan fingerprint density at radius 1 is 1.23 bits per heavy atom. The Balaban J connectivity index is 2.01. The number of nitrogens with zero attached hydrogens (tertiary/aromatic N) is 2. The third-order valence-corrected chi connectivity index (χ3v) is 4.55. The molecule has 5 heteroatoms. The number of benzene rings is 1. The number of aliphatic hydroxyl groups is 1. The van der Waals surface area contributed by atoms with E-state index in [1.165, 1.54) is 6.42 Å². The molecule has 1 aliphatic carbocycles. The van der Waals surface area contributed by atoms with E-state index in [0.29, 0.717) is 18.3 Å². The molecule has 118 valence electrons. The Kier molecular flexibility index (Phi) is 4.55. The zero-order valence-electron chi connectivity index (χ0n) is 13.0. The van der Waals surface area contributed by atoms with Crippen molar-refractivity contribution in [1.82, 2.24) is 15.5 Å². The van der Waals surface area contributed by atoms with Crippen LogP contribution in [0.3, 0.4) is 0 Å². The van der Waals surface area contributed by atoms with Crippen molar-refractivity contribution in [3.63, 3.8) is 0 Å². The quantitative estimate of drug-likeness (QED) is 0.888. The van der Waals surface area contributed by atoms with Gasteiger partial charge in [-0.3, -0.25) is 0 Å². The minimum absolute atomic E-state index is 0.128. The average Bonchev–Trinajstić information content (AvgIpc) is 3.05. The highest BCUT2D eigenvalue weighted by Gasteiger charge is 2.44. The number of nitrogens with one attached hydrogen (secondary N) is 1. The van der Waals surface area contributed by atoms with Gasteiger partial charge >= 0.3 is 0 Å². The van der Waals surface area contributed by atoms with Gasteiger partial charge < -0.3 is 14.9 Å². The second-order valence-electron chi connectivity index (χ2n) is 6.01. The fourth-order valence-electron chi connectivity index (χ4n) is 3.39. The van der Waals surface area contributed by atoms with E-state index >= 15 is 0 Å². The van der Waals surface area contributed by atoms with Crippen LogP contribution in [-0.4, -0.2) is 22.3 Å². The summed E-state index contributed by atoms with van der Waals surface area (Å²) >= 11 is 0. The van der Waals surface area contributed by atoms with Crippen molar-refractivity contribution in [3.8, 4) is 0 Å². The second kappa shape index (κ2) is 6.58. The fourth-order valence-corrected chi connectivity index (χ4v) is 3.39. The fraction of sp³-hybridized carbons (Fsp3) is 0.529. The maximum absolute atomic E-state index is 11.6. The van der Waals surface area contributed by atoms with Gasteiger partial charge in [0, 0.05) is 0 Å². The third-order valence-electron chi connectivity index (χ3n) is 4.55. The maximum Gasteiger partial charge on any atom is 0.240 e. The van der Waals surface area contributed by atoms with E-state index in [2.05, 4.69) is 15.5 Å². The lowest BCUT2D eigenvalue weighted by atomic mass is 9.73. The van der Waals surface area contributed by atoms with Crippen molar-refractivity contribution in [2.75, 3.05) is 7.05 Å². The summed E-state index contributed by atoms with van der Waals surface area (Å²) in [6.07, 6.45) is 5.49. The lowest BCUT2D eigenvalue weighted by Crippen LogP contribution is -2.38. The highest BCUT2D eigenvalue weighted by Crippen LogP contribution is 2.42. The van der Waals surface area contributed by atoms with E-state index in [9.17, 15) is 5.11 Å². The predicted octanol–water partition coefficient (Wildman–Crippen LogP) is 2.61. The molecular weight excluding hydrogens is 278 g/mol. The van der Waals surface area contributed by atoms with Crippen LogP contribution >= 0.6 is 0 Å². The molecule has 3 rings (SSSR count). The first-order chi connectivity index (χ1) is 10.7. The maximum atomic E-state index is 11.6. The Hall–Kier alpha value is -1.72. The van der Waals surface area contributed by atoms with Crippen molar-refractivity contribution in [3.05, 3.63) is 47.6 Å². The van der Waals surface area contributed by atoms with Crippen LogP contribution in [-0.2, 0) is 12.1 Å². The molecule has 1 aromatic heterocycles. The van der Waals surface area contributed by atoms with Gasteiger partial charge in [0.1, 0.15) is 0 Å². The summed E-state index contributed by atoms with van der Waals surface area (Å²) in [5.41, 5.74) is -0.323. The molecule has 0 radical (unpaired) electrons. The SMILES string of the molecule is CNCc1nc(C(O)(c2ccccc2)C2CCCCC2)no1. The van der Waals surface area contributed by atoms with Crippen LogP contribution in [0, 0.1) is 5.92 Å². The summed E-state index contributed by atoms with van der Waals surface area (Å²) in [5, 5.41) is 18.6. The van der Waals surface area contributed by atoms with E-state index in [0.717, 1.165) is 31.2 Å². The number of rotatable bonds is 5. The molecule has 22 heavy (non-hydrogen) atoms. The number of hydrogen-bond acceptors (Lipinski definition) is 5. The molecule has 2 N–H and O–H groups in total. The zero-order valence-corrected chi connectivity index (χ0v) is 13.0. The van der Waals surface area contributed by atoms with Crippen LogP contribution < -0.4 is 5.32 Å². The van der Waals surface area contributed by atoms with Crippen LogP contribution in [0.15, 0.2) is 34.9 Å². The molecule has 0 bridgehead atoms. The van der Waals surface area contributed by atoms with Crippen LogP contribution in [0.2, 0.25) is 0 Å². The van der Waals surface area contributed by atoms with Crippen LogP contribution in [0.25, 0.3) is 0 Å². The van der Waals surface area contributed by atoms with Crippen LogP contribution in [0.1, 0.15) is 49.4 Å². The number of hydrogen-bond donors (Lipinski definition) is 2. The van der Waals surface area contributed by atoms with Gasteiger partial charge in [-0.05, 0) is 31.4 Å². The van der Waals surface area contributed by atoms with Gasteiger partial charge in [-0.25, -0.2) is 0 Å². The molecule has 1 aliphatic rings. The Labute approximate surface area is 130 Å². The van der Waals surface area contributed by atoms with Gasteiger partial charge in [0.15, 0.2) is 5.60 Å². The van der Waals surface area contributed by atoms with Crippen LogP contribution in [0.5, 0.6) is 0 Å². The molecule has 1 heterocycles. The first kappa shape index (κ1) is 15.2. The molecule has 5 nitrogen and oxygen atoms in total. The first-order valence-electron chi connectivity index (χ1n) is 8.00. The summed E-state index contributed by atoms with van der Waals surface area (Å²) in [5.74, 6) is 1.02. The lowest BCUT2D eigenvalue weighted by molar-refractivity contribution is -0.0101. The van der Waals surface area contributed by atoms with Gasteiger partial charge in [-0.2, -0.15) is 4.98 Å². The molecule has 1 aromatic carbocycles. The smallest absolute Gasteiger partial charge is 0.240 e. The van der Waals surface area contributed by atoms with E-state index in [-0.39, 0.29) is 5.92 Å². The number of aromatic nitrogens is 2. The van der Waals surface area contributed by atoms with Crippen molar-refractivity contribution < 1.29 is 9.63 Å². The normalized spacial score (nSPS) is 19.0. The minimum Gasteiger partial charge on any atom is -0.377 e. The topological polar surface area (TPSA) is 71.2 Å². The Bertz CT molecular complexity index is 593. The lowest BCUT2D eigenvalue weighted by Gasteiger charge is -2.36. The van der Waals surface area contributed by atoms with Gasteiger partial charge in [-0.15, -0.1) is 0 Å². The summed E-state index contributed by atoms with van der Waals surface area (Å²) in [4.78, 5) is 4.43. The van der Waals surface area contributed by atoms with Crippen molar-refractivity contribution in [2.24, 2.45) is 5.92 Å². The minimum atomic E-state index is -1.17. The Morgan fingerprint density at radius 3 is 2.64 bits per heavy atom. The first-order valence-corrected chi connectivity index (χ1v) is 8.00. The van der Waals surface area contributed by atoms with Gasteiger partial charge in [-0.1, -0.05) is 54.8 Å². The average molecular weight is 301 g/mol. The van der Waals surface area contributed by atoms with Crippen molar-refractivity contribution in [2.45, 2.75) is 44.2 Å². The third kappa shape index (κ3) is 2.78. The zero-order chi connectivity index (χ0) is 15.4. The standard InChI is InChI=1S/C17H23N3O2/c1-18-12-15-19-16(20-22-15)17(21,13-8-4-2-5-9-13)14-10-6-3-7-11-14/h2,4-5,8-9,14,18,21H,3,6-7,10-12H2,1H3. The highest BCUT2D eigenvalue weighted by atomic mass is 16.5. The monoisotopic (exact) mass is 301 g/mol. The molecule has 2 aromatic rings. The summed E-state index contributed by atoms with van der Waals surface area (Å²) < 4.78 is 5.28. The highest BCUT2D eigenvalue weighted by molar-refractivity contribution is 5.30. The largest absolute Gasteiger partial charge is 0.377 e. The second-order valence-corrected chi connectivity index (χ2v) is 6.01. The molecule has 1 saturated carbocycles. The van der Waals surface area contributed by atoms with Crippen molar-refractivity contribution >= 4 is 0 Å². The molecule has 1 fully saturated rings. The summed E-state index contributed by atoms with van der Waals surface area (Å²) in [7, 11) is 1.83. The Morgan fingerprint density at radius 2 is 1.95 bits per heavy atom. The van der Waals surface area contributed by atoms with Crippen LogP contribution in [0.4, 0.5) is 0 Å². The molecular formula is C17H23N3O2. The van der Waals surface area contributed by atoms with E-state index in [1.54, 1.807) is 0 Å². The molecule has 0 saturated heterocycles. The predicted molar refractivity (Wildman–Crippen MR) is 83.1 cm³/mol. The van der Waals surface area contributed by atoms with Gasteiger partial charge in [0.2, 0.25) is 11.7 Å². The summed E-state index contributed by atoms with van der Waals surface area (Å²) in [6, 6.07) is 9.73. The molecule has 1 atom stereocenters. The van der Waals surface area contributed by atoms with E-state index in [4.69, 9.17) is 4.52 Å².